The Balaban J connectivity index is 1.99. The summed E-state index contributed by atoms with van der Waals surface area (Å²) < 4.78 is 25.8. The van der Waals surface area contributed by atoms with E-state index in [4.69, 9.17) is 28.9 Å². The molecule has 2 rings (SSSR count). The van der Waals surface area contributed by atoms with E-state index >= 15 is 0 Å². The molecule has 1 aromatic rings. The fourth-order valence-corrected chi connectivity index (χ4v) is 4.40. The van der Waals surface area contributed by atoms with E-state index in [0.29, 0.717) is 6.42 Å². The number of halogens is 2. The third-order valence-corrected chi connectivity index (χ3v) is 6.86. The van der Waals surface area contributed by atoms with Gasteiger partial charge in [-0.05, 0) is 19.2 Å². The number of benzene rings is 1. The van der Waals surface area contributed by atoms with Crippen LogP contribution in [-0.2, 0) is 10.0 Å². The molecule has 0 amide bonds. The van der Waals surface area contributed by atoms with Gasteiger partial charge in [0.2, 0.25) is 0 Å². The minimum Gasteiger partial charge on any atom is -0.396 e. The molecule has 10 heteroatoms. The monoisotopic (exact) mass is 411 g/mol. The lowest BCUT2D eigenvalue weighted by molar-refractivity contribution is -0.913. The fraction of sp³-hybridized carbons (Fsp3) is 0.600. The number of likely N-dealkylation sites (N-methyl/N-ethyl adjacent to an activating group) is 2. The first kappa shape index (κ1) is 20.5. The van der Waals surface area contributed by atoms with Crippen LogP contribution >= 0.6 is 23.2 Å². The van der Waals surface area contributed by atoms with Gasteiger partial charge in [-0.1, -0.05) is 23.2 Å². The Morgan fingerprint density at radius 2 is 1.80 bits per heavy atom. The Hall–Kier alpha value is -0.770. The number of rotatable bonds is 6. The Morgan fingerprint density at radius 1 is 1.28 bits per heavy atom. The first-order valence-electron chi connectivity index (χ1n) is 8.03. The van der Waals surface area contributed by atoms with E-state index in [-0.39, 0.29) is 31.6 Å². The van der Waals surface area contributed by atoms with Crippen LogP contribution < -0.4 is 10.2 Å². The average Bonchev–Trinajstić information content (AvgIpc) is 2.54. The van der Waals surface area contributed by atoms with E-state index < -0.39 is 10.0 Å². The van der Waals surface area contributed by atoms with Crippen molar-refractivity contribution in [3.8, 4) is 0 Å². The number of nitrogens with two attached hydrogens (primary N) is 1. The van der Waals surface area contributed by atoms with E-state index in [1.165, 1.54) is 12.1 Å². The summed E-state index contributed by atoms with van der Waals surface area (Å²) in [6.45, 7) is 4.71. The number of nitrogens with zero attached hydrogens (tertiary/aromatic N) is 3. The SMILES string of the molecule is CN1CC[N+](C)(CCCS(=O)(=O)N(O)c2cc(Cl)c(N)c(Cl)c2)CC1. The highest BCUT2D eigenvalue weighted by Crippen LogP contribution is 2.33. The Labute approximate surface area is 159 Å². The van der Waals surface area contributed by atoms with Gasteiger partial charge in [-0.25, -0.2) is 8.42 Å². The number of anilines is 2. The van der Waals surface area contributed by atoms with Crippen LogP contribution in [0.2, 0.25) is 10.0 Å². The molecule has 1 aromatic carbocycles. The molecule has 0 aliphatic carbocycles. The lowest BCUT2D eigenvalue weighted by Gasteiger charge is -2.41. The van der Waals surface area contributed by atoms with Crippen molar-refractivity contribution in [2.45, 2.75) is 6.42 Å². The second-order valence-corrected chi connectivity index (χ2v) is 9.56. The quantitative estimate of drug-likeness (QED) is 0.423. The normalized spacial score (nSPS) is 18.3. The summed E-state index contributed by atoms with van der Waals surface area (Å²) in [7, 11) is 0.331. The molecule has 0 radical (unpaired) electrons. The molecule has 0 unspecified atom stereocenters. The summed E-state index contributed by atoms with van der Waals surface area (Å²) in [6.07, 6.45) is 0.454. The van der Waals surface area contributed by atoms with Crippen molar-refractivity contribution in [1.29, 1.82) is 0 Å². The summed E-state index contributed by atoms with van der Waals surface area (Å²) in [5.74, 6) is -0.160. The van der Waals surface area contributed by atoms with Gasteiger partial charge in [0.1, 0.15) is 0 Å². The highest BCUT2D eigenvalue weighted by molar-refractivity contribution is 7.92. The van der Waals surface area contributed by atoms with Crippen molar-refractivity contribution >= 4 is 44.6 Å². The second-order valence-electron chi connectivity index (χ2n) is 6.83. The van der Waals surface area contributed by atoms with Crippen molar-refractivity contribution in [2.24, 2.45) is 0 Å². The number of piperazine rings is 1. The maximum atomic E-state index is 12.4. The van der Waals surface area contributed by atoms with Gasteiger partial charge < -0.3 is 10.2 Å². The maximum absolute atomic E-state index is 12.4. The Morgan fingerprint density at radius 3 is 2.32 bits per heavy atom. The topological polar surface area (TPSA) is 86.9 Å². The minimum absolute atomic E-state index is 0.0239. The van der Waals surface area contributed by atoms with E-state index in [0.717, 1.165) is 37.2 Å². The van der Waals surface area contributed by atoms with Crippen LogP contribution in [0.3, 0.4) is 0 Å². The van der Waals surface area contributed by atoms with E-state index in [2.05, 4.69) is 19.0 Å². The zero-order chi connectivity index (χ0) is 18.8. The van der Waals surface area contributed by atoms with E-state index in [1.807, 2.05) is 0 Å². The smallest absolute Gasteiger partial charge is 0.257 e. The van der Waals surface area contributed by atoms with Crippen molar-refractivity contribution in [1.82, 2.24) is 4.90 Å². The number of quaternary nitrogens is 1. The van der Waals surface area contributed by atoms with Crippen LogP contribution in [0.25, 0.3) is 0 Å². The molecule has 1 saturated heterocycles. The molecule has 0 atom stereocenters. The minimum atomic E-state index is -3.89. The molecule has 7 nitrogen and oxygen atoms in total. The highest BCUT2D eigenvalue weighted by atomic mass is 35.5. The lowest BCUT2D eigenvalue weighted by atomic mass is 10.2. The summed E-state index contributed by atoms with van der Waals surface area (Å²) in [5.41, 5.74) is 5.75. The number of nitrogen functional groups attached to an aromatic ring is 1. The summed E-state index contributed by atoms with van der Waals surface area (Å²) in [6, 6.07) is 2.54. The predicted molar refractivity (Wildman–Crippen MR) is 102 cm³/mol. The van der Waals surface area contributed by atoms with Gasteiger partial charge in [0.25, 0.3) is 10.0 Å². The van der Waals surface area contributed by atoms with Gasteiger partial charge in [0.05, 0.1) is 53.9 Å². The molecule has 142 valence electrons. The molecular weight excluding hydrogens is 387 g/mol. The van der Waals surface area contributed by atoms with Gasteiger partial charge in [-0.15, -0.1) is 4.47 Å². The molecule has 0 bridgehead atoms. The zero-order valence-corrected chi connectivity index (χ0v) is 16.8. The largest absolute Gasteiger partial charge is 0.396 e. The van der Waals surface area contributed by atoms with Crippen molar-refractivity contribution in [3.63, 3.8) is 0 Å². The van der Waals surface area contributed by atoms with Crippen LogP contribution in [0.1, 0.15) is 6.42 Å². The van der Waals surface area contributed by atoms with Gasteiger partial charge in [0, 0.05) is 19.5 Å². The van der Waals surface area contributed by atoms with Crippen molar-refractivity contribution in [3.05, 3.63) is 22.2 Å². The van der Waals surface area contributed by atoms with Gasteiger partial charge in [0.15, 0.2) is 0 Å². The zero-order valence-electron chi connectivity index (χ0n) is 14.5. The molecule has 3 N–H and O–H groups in total. The van der Waals surface area contributed by atoms with Crippen LogP contribution in [0, 0.1) is 0 Å². The number of hydrogen-bond acceptors (Lipinski definition) is 5. The molecule has 0 saturated carbocycles. The summed E-state index contributed by atoms with van der Waals surface area (Å²) >= 11 is 11.8. The molecule has 1 aliphatic rings. The van der Waals surface area contributed by atoms with Crippen molar-refractivity contribution < 1.29 is 18.1 Å². The van der Waals surface area contributed by atoms with Gasteiger partial charge in [-0.3, -0.25) is 10.1 Å². The predicted octanol–water partition coefficient (Wildman–Crippen LogP) is 1.88. The molecule has 1 aliphatic heterocycles. The second kappa shape index (κ2) is 7.85. The first-order valence-corrected chi connectivity index (χ1v) is 10.4. The third-order valence-electron chi connectivity index (χ3n) is 4.69. The number of sulfonamides is 1. The standard InChI is InChI=1S/C15H25Cl2N4O3S/c1-19-4-7-21(2,8-5-19)6-3-9-25(23,24)20(22)12-10-13(16)15(18)14(17)11-12/h10-11,22H,3-9,18H2,1-2H3/q+1. The van der Waals surface area contributed by atoms with Crippen LogP contribution in [-0.4, -0.2) is 75.6 Å². The molecule has 1 fully saturated rings. The average molecular weight is 412 g/mol. The van der Waals surface area contributed by atoms with E-state index in [1.54, 1.807) is 0 Å². The van der Waals surface area contributed by atoms with Crippen molar-refractivity contribution in [2.75, 3.05) is 62.8 Å². The lowest BCUT2D eigenvalue weighted by Crippen LogP contribution is -2.56. The van der Waals surface area contributed by atoms with E-state index in [9.17, 15) is 13.6 Å². The Bertz CT molecular complexity index is 698. The molecular formula is C15H25Cl2N4O3S+. The highest BCUT2D eigenvalue weighted by Gasteiger charge is 2.29. The maximum Gasteiger partial charge on any atom is 0.257 e. The van der Waals surface area contributed by atoms with Gasteiger partial charge >= 0.3 is 0 Å². The summed E-state index contributed by atoms with van der Waals surface area (Å²) in [5, 5.41) is 10.3. The molecule has 25 heavy (non-hydrogen) atoms. The fourth-order valence-electron chi connectivity index (χ4n) is 2.83. The molecule has 0 aromatic heterocycles. The summed E-state index contributed by atoms with van der Waals surface area (Å²) in [4.78, 5) is 2.26. The molecule has 0 spiro atoms. The third kappa shape index (κ3) is 5.12. The van der Waals surface area contributed by atoms with Crippen LogP contribution in [0.15, 0.2) is 12.1 Å². The van der Waals surface area contributed by atoms with Crippen LogP contribution in [0.5, 0.6) is 0 Å². The van der Waals surface area contributed by atoms with Gasteiger partial charge in [-0.2, -0.15) is 0 Å². The molecule has 1 heterocycles. The Kier molecular flexibility index (Phi) is 6.45. The first-order chi connectivity index (χ1) is 11.5. The number of hydrogen-bond donors (Lipinski definition) is 2. The van der Waals surface area contributed by atoms with Crippen LogP contribution in [0.4, 0.5) is 11.4 Å².